The lowest BCUT2D eigenvalue weighted by Gasteiger charge is -2.56. The molecule has 0 spiro atoms. The molecular formula is C34H38N4. The van der Waals surface area contributed by atoms with Gasteiger partial charge in [-0.3, -0.25) is 0 Å². The van der Waals surface area contributed by atoms with Crippen LogP contribution in [0.3, 0.4) is 0 Å². The molecule has 6 saturated carbocycles. The van der Waals surface area contributed by atoms with Crippen LogP contribution in [0.4, 0.5) is 5.95 Å². The summed E-state index contributed by atoms with van der Waals surface area (Å²) < 4.78 is 0. The molecule has 0 atom stereocenters. The van der Waals surface area contributed by atoms with Gasteiger partial charge in [-0.05, 0) is 117 Å². The van der Waals surface area contributed by atoms with E-state index in [1.54, 1.807) is 0 Å². The van der Waals surface area contributed by atoms with Gasteiger partial charge in [0.05, 0.1) is 0 Å². The number of aromatic nitrogens is 3. The smallest absolute Gasteiger partial charge is 0.229 e. The number of nitrogens with zero attached hydrogens (tertiary/aromatic N) is 4. The van der Waals surface area contributed by atoms with Gasteiger partial charge in [-0.1, -0.05) is 48.5 Å². The summed E-state index contributed by atoms with van der Waals surface area (Å²) in [6.45, 7) is 0. The molecule has 2 aliphatic heterocycles. The molecule has 4 nitrogen and oxygen atoms in total. The first-order chi connectivity index (χ1) is 18.7. The highest BCUT2D eigenvalue weighted by atomic mass is 15.3. The van der Waals surface area contributed by atoms with Crippen molar-refractivity contribution in [1.82, 2.24) is 15.0 Å². The first-order valence-electron chi connectivity index (χ1n) is 15.4. The van der Waals surface area contributed by atoms with Crippen LogP contribution in [-0.4, -0.2) is 27.0 Å². The molecule has 6 aliphatic carbocycles. The number of benzene rings is 2. The Morgan fingerprint density at radius 2 is 1.11 bits per heavy atom. The lowest BCUT2D eigenvalue weighted by atomic mass is 9.51. The van der Waals surface area contributed by atoms with E-state index in [0.29, 0.717) is 18.0 Å². The average molecular weight is 503 g/mol. The Labute approximate surface area is 226 Å². The monoisotopic (exact) mass is 502 g/mol. The Morgan fingerprint density at radius 1 is 0.526 bits per heavy atom. The first-order valence-corrected chi connectivity index (χ1v) is 15.4. The Morgan fingerprint density at radius 3 is 1.76 bits per heavy atom. The van der Waals surface area contributed by atoms with Gasteiger partial charge in [0.25, 0.3) is 0 Å². The zero-order chi connectivity index (χ0) is 24.8. The van der Waals surface area contributed by atoms with Gasteiger partial charge in [-0.15, -0.1) is 0 Å². The van der Waals surface area contributed by atoms with Crippen molar-refractivity contribution < 1.29 is 0 Å². The van der Waals surface area contributed by atoms with Crippen LogP contribution in [0.15, 0.2) is 54.6 Å². The molecule has 3 aromatic rings. The molecule has 0 radical (unpaired) electrons. The van der Waals surface area contributed by atoms with E-state index in [1.807, 2.05) is 0 Å². The van der Waals surface area contributed by atoms with Crippen LogP contribution >= 0.6 is 0 Å². The molecule has 4 heteroatoms. The molecule has 8 bridgehead atoms. The topological polar surface area (TPSA) is 41.9 Å². The van der Waals surface area contributed by atoms with Crippen LogP contribution in [0, 0.1) is 35.5 Å². The third kappa shape index (κ3) is 3.51. The molecule has 1 aromatic heterocycles. The molecule has 0 unspecified atom stereocenters. The highest BCUT2D eigenvalue weighted by molar-refractivity contribution is 5.70. The van der Waals surface area contributed by atoms with Crippen LogP contribution in [0.25, 0.3) is 22.5 Å². The largest absolute Gasteiger partial charge is 0.335 e. The summed E-state index contributed by atoms with van der Waals surface area (Å²) in [5.74, 6) is 8.88. The van der Waals surface area contributed by atoms with E-state index in [0.717, 1.165) is 58.7 Å². The molecule has 2 saturated heterocycles. The Bertz CT molecular complexity index is 1250. The number of rotatable bonds is 4. The summed E-state index contributed by atoms with van der Waals surface area (Å²) in [4.78, 5) is 18.8. The summed E-state index contributed by atoms with van der Waals surface area (Å²) in [7, 11) is 0. The van der Waals surface area contributed by atoms with Crippen LogP contribution in [0.2, 0.25) is 0 Å². The minimum Gasteiger partial charge on any atom is -0.335 e. The summed E-state index contributed by atoms with van der Waals surface area (Å²) in [5.41, 5.74) is 3.61. The fourth-order valence-electron chi connectivity index (χ4n) is 10.4. The van der Waals surface area contributed by atoms with Gasteiger partial charge in [0.2, 0.25) is 5.95 Å². The minimum absolute atomic E-state index is 0.527. The molecule has 38 heavy (non-hydrogen) atoms. The lowest BCUT2D eigenvalue weighted by Crippen LogP contribution is -2.58. The number of hydrogen-bond acceptors (Lipinski definition) is 4. The van der Waals surface area contributed by atoms with Crippen LogP contribution in [0.1, 0.15) is 76.0 Å². The van der Waals surface area contributed by atoms with E-state index >= 15 is 0 Å². The van der Waals surface area contributed by atoms with Gasteiger partial charge >= 0.3 is 0 Å². The second-order valence-electron chi connectivity index (χ2n) is 13.8. The number of piperidine rings is 2. The van der Waals surface area contributed by atoms with Crippen LogP contribution in [0.5, 0.6) is 0 Å². The van der Waals surface area contributed by atoms with Crippen molar-refractivity contribution in [2.24, 2.45) is 35.5 Å². The first kappa shape index (κ1) is 22.1. The van der Waals surface area contributed by atoms with Gasteiger partial charge in [0.1, 0.15) is 5.82 Å². The quantitative estimate of drug-likeness (QED) is 0.370. The molecule has 0 amide bonds. The summed E-state index contributed by atoms with van der Waals surface area (Å²) in [6, 6.07) is 20.8. The van der Waals surface area contributed by atoms with Gasteiger partial charge in [-0.2, -0.15) is 9.97 Å². The molecule has 0 N–H and O–H groups in total. The van der Waals surface area contributed by atoms with Crippen molar-refractivity contribution in [3.63, 3.8) is 0 Å². The van der Waals surface area contributed by atoms with Crippen molar-refractivity contribution >= 4 is 5.95 Å². The second-order valence-corrected chi connectivity index (χ2v) is 13.8. The van der Waals surface area contributed by atoms with Gasteiger partial charge in [0.15, 0.2) is 5.82 Å². The van der Waals surface area contributed by atoms with Crippen LogP contribution in [-0.2, 0) is 0 Å². The maximum absolute atomic E-state index is 5.44. The van der Waals surface area contributed by atoms with E-state index < -0.39 is 0 Å². The molecule has 194 valence electrons. The normalized spacial score (nSPS) is 38.2. The average Bonchev–Trinajstić information content (AvgIpc) is 2.92. The molecule has 11 rings (SSSR count). The maximum Gasteiger partial charge on any atom is 0.229 e. The number of anilines is 1. The van der Waals surface area contributed by atoms with E-state index in [-0.39, 0.29) is 0 Å². The second kappa shape index (κ2) is 8.37. The fourth-order valence-corrected chi connectivity index (χ4v) is 10.4. The summed E-state index contributed by atoms with van der Waals surface area (Å²) in [6.07, 6.45) is 13.9. The predicted molar refractivity (Wildman–Crippen MR) is 151 cm³/mol. The SMILES string of the molecule is c1ccc(-c2cccc(-c3nc(C4C5CC6CC(C5)CC4C6)nc(N4C5CC6CC(C5)CC4C6)n3)c2)cc1. The van der Waals surface area contributed by atoms with E-state index in [1.165, 1.54) is 75.3 Å². The van der Waals surface area contributed by atoms with E-state index in [9.17, 15) is 0 Å². The molecule has 3 heterocycles. The minimum atomic E-state index is 0.527. The van der Waals surface area contributed by atoms with E-state index in [4.69, 9.17) is 15.0 Å². The van der Waals surface area contributed by atoms with Crippen molar-refractivity contribution in [3.8, 4) is 22.5 Å². The van der Waals surface area contributed by atoms with Crippen molar-refractivity contribution in [2.45, 2.75) is 82.2 Å². The van der Waals surface area contributed by atoms with Crippen LogP contribution < -0.4 is 4.90 Å². The predicted octanol–water partition coefficient (Wildman–Crippen LogP) is 7.51. The standard InChI is InChI=1S/C34H38N4/c1-2-5-24(6-3-1)25-7-4-8-26(19-25)32-35-33(31-27-11-20-9-21(13-27)14-28(31)12-20)37-34(36-32)38-29-15-22-10-23(17-29)18-30(38)16-22/h1-8,19-23,27-31H,9-18H2. The molecule has 8 fully saturated rings. The maximum atomic E-state index is 5.44. The zero-order valence-corrected chi connectivity index (χ0v) is 22.3. The summed E-state index contributed by atoms with van der Waals surface area (Å²) in [5, 5.41) is 0. The highest BCUT2D eigenvalue weighted by Gasteiger charge is 2.51. The highest BCUT2D eigenvalue weighted by Crippen LogP contribution is 2.59. The fraction of sp³-hybridized carbons (Fsp3) is 0.559. The van der Waals surface area contributed by atoms with Crippen molar-refractivity contribution in [3.05, 3.63) is 60.4 Å². The third-order valence-corrected chi connectivity index (χ3v) is 11.5. The van der Waals surface area contributed by atoms with E-state index in [2.05, 4.69) is 59.5 Å². The Balaban J connectivity index is 1.16. The summed E-state index contributed by atoms with van der Waals surface area (Å²) >= 11 is 0. The molecule has 8 aliphatic rings. The number of hydrogen-bond donors (Lipinski definition) is 0. The zero-order valence-electron chi connectivity index (χ0n) is 22.3. The van der Waals surface area contributed by atoms with Gasteiger partial charge in [-0.25, -0.2) is 4.98 Å². The van der Waals surface area contributed by atoms with Gasteiger partial charge < -0.3 is 4.90 Å². The Kier molecular flexibility index (Phi) is 4.87. The lowest BCUT2D eigenvalue weighted by molar-refractivity contribution is -0.00570. The van der Waals surface area contributed by atoms with Crippen molar-refractivity contribution in [2.75, 3.05) is 4.90 Å². The Hall–Kier alpha value is -2.75. The van der Waals surface area contributed by atoms with Crippen molar-refractivity contribution in [1.29, 1.82) is 0 Å². The molecular weight excluding hydrogens is 464 g/mol. The van der Waals surface area contributed by atoms with Gasteiger partial charge in [0, 0.05) is 23.6 Å². The molecule has 2 aromatic carbocycles. The third-order valence-electron chi connectivity index (χ3n) is 11.5.